The van der Waals surface area contributed by atoms with Crippen molar-refractivity contribution in [1.29, 1.82) is 0 Å². The first-order valence-corrected chi connectivity index (χ1v) is 9.56. The third-order valence-corrected chi connectivity index (χ3v) is 5.60. The van der Waals surface area contributed by atoms with E-state index in [0.29, 0.717) is 11.4 Å². The van der Waals surface area contributed by atoms with E-state index in [2.05, 4.69) is 0 Å². The summed E-state index contributed by atoms with van der Waals surface area (Å²) in [6, 6.07) is 18.1. The first kappa shape index (κ1) is 17.7. The van der Waals surface area contributed by atoms with E-state index in [0.717, 1.165) is 16.8 Å². The predicted octanol–water partition coefficient (Wildman–Crippen LogP) is 3.95. The minimum atomic E-state index is -0.890. The fraction of sp³-hybridized carbons (Fsp3) is 0.217. The second-order valence-electron chi connectivity index (χ2n) is 7.47. The molecule has 146 valence electrons. The number of carbonyl (C=O) groups excluding carboxylic acids is 2. The molecule has 6 nitrogen and oxygen atoms in total. The van der Waals surface area contributed by atoms with Crippen molar-refractivity contribution in [1.82, 2.24) is 0 Å². The van der Waals surface area contributed by atoms with Gasteiger partial charge in [0.05, 0.1) is 17.6 Å². The second-order valence-corrected chi connectivity index (χ2v) is 7.47. The van der Waals surface area contributed by atoms with Gasteiger partial charge in [0.25, 0.3) is 5.91 Å². The lowest BCUT2D eigenvalue weighted by Crippen LogP contribution is -2.37. The molecule has 0 spiro atoms. The maximum absolute atomic E-state index is 13.4. The largest absolute Gasteiger partial charge is 0.467 e. The Morgan fingerprint density at radius 3 is 2.31 bits per heavy atom. The summed E-state index contributed by atoms with van der Waals surface area (Å²) in [5, 5.41) is 1.66. The number of carbonyl (C=O) groups is 2. The van der Waals surface area contributed by atoms with Gasteiger partial charge >= 0.3 is 0 Å². The van der Waals surface area contributed by atoms with Gasteiger partial charge in [0.1, 0.15) is 17.7 Å². The fourth-order valence-electron chi connectivity index (χ4n) is 4.13. The zero-order chi connectivity index (χ0) is 20.1. The van der Waals surface area contributed by atoms with E-state index in [1.807, 2.05) is 56.3 Å². The number of rotatable bonds is 3. The number of fused-ring (bicyclic) bond motifs is 1. The quantitative estimate of drug-likeness (QED) is 0.636. The molecule has 5 rings (SSSR count). The monoisotopic (exact) mass is 388 g/mol. The van der Waals surface area contributed by atoms with E-state index in [-0.39, 0.29) is 11.8 Å². The number of hydroxylamine groups is 1. The van der Waals surface area contributed by atoms with E-state index < -0.39 is 18.1 Å². The molecule has 3 heterocycles. The summed E-state index contributed by atoms with van der Waals surface area (Å²) in [4.78, 5) is 33.9. The molecule has 3 atom stereocenters. The van der Waals surface area contributed by atoms with Crippen LogP contribution in [0.4, 0.5) is 11.4 Å². The number of amides is 2. The number of aryl methyl sites for hydroxylation is 2. The number of nitrogens with zero attached hydrogens (tertiary/aromatic N) is 2. The first-order chi connectivity index (χ1) is 14.1. The number of imide groups is 1. The van der Waals surface area contributed by atoms with E-state index in [1.54, 1.807) is 29.5 Å². The molecule has 0 radical (unpaired) electrons. The molecule has 6 heteroatoms. The number of furan rings is 1. The number of para-hydroxylation sites is 1. The Kier molecular flexibility index (Phi) is 4.03. The molecule has 0 aliphatic carbocycles. The summed E-state index contributed by atoms with van der Waals surface area (Å²) in [6.45, 7) is 3.93. The molecule has 3 aromatic rings. The molecule has 1 aromatic heterocycles. The van der Waals surface area contributed by atoms with E-state index >= 15 is 0 Å². The average Bonchev–Trinajstić information content (AvgIpc) is 3.41. The Morgan fingerprint density at radius 1 is 0.862 bits per heavy atom. The Hall–Kier alpha value is -3.38. The van der Waals surface area contributed by atoms with Crippen LogP contribution < -0.4 is 9.96 Å². The van der Waals surface area contributed by atoms with Gasteiger partial charge in [-0.1, -0.05) is 35.9 Å². The highest BCUT2D eigenvalue weighted by Crippen LogP contribution is 2.48. The third kappa shape index (κ3) is 2.68. The van der Waals surface area contributed by atoms with Crippen LogP contribution in [0, 0.1) is 19.8 Å². The smallest absolute Gasteiger partial charge is 0.266 e. The molecule has 2 aromatic carbocycles. The zero-order valence-corrected chi connectivity index (χ0v) is 16.1. The molecule has 2 fully saturated rings. The molecule has 0 bridgehead atoms. The van der Waals surface area contributed by atoms with Gasteiger partial charge in [-0.05, 0) is 49.7 Å². The van der Waals surface area contributed by atoms with Crippen LogP contribution in [-0.4, -0.2) is 17.9 Å². The number of hydrogen-bond acceptors (Lipinski definition) is 5. The van der Waals surface area contributed by atoms with Gasteiger partial charge in [-0.25, -0.2) is 9.96 Å². The van der Waals surface area contributed by atoms with E-state index in [4.69, 9.17) is 9.25 Å². The molecule has 29 heavy (non-hydrogen) atoms. The third-order valence-electron chi connectivity index (χ3n) is 5.60. The molecule has 3 unspecified atom stereocenters. The summed E-state index contributed by atoms with van der Waals surface area (Å²) in [5.74, 6) is -0.722. The van der Waals surface area contributed by atoms with Crippen LogP contribution in [0.15, 0.2) is 71.3 Å². The van der Waals surface area contributed by atoms with Crippen molar-refractivity contribution < 1.29 is 18.8 Å². The number of hydrogen-bond donors (Lipinski definition) is 0. The van der Waals surface area contributed by atoms with Crippen LogP contribution in [0.2, 0.25) is 0 Å². The molecule has 2 aliphatic heterocycles. The lowest BCUT2D eigenvalue weighted by atomic mass is 9.94. The van der Waals surface area contributed by atoms with Crippen LogP contribution in [0.3, 0.4) is 0 Å². The minimum absolute atomic E-state index is 0.277. The van der Waals surface area contributed by atoms with Crippen LogP contribution >= 0.6 is 0 Å². The van der Waals surface area contributed by atoms with Crippen LogP contribution in [-0.2, 0) is 14.4 Å². The average molecular weight is 388 g/mol. The van der Waals surface area contributed by atoms with Crippen molar-refractivity contribution in [3.63, 3.8) is 0 Å². The van der Waals surface area contributed by atoms with Crippen LogP contribution in [0.25, 0.3) is 0 Å². The normalized spacial score (nSPS) is 23.7. The topological polar surface area (TPSA) is 63.0 Å². The predicted molar refractivity (Wildman–Crippen MR) is 107 cm³/mol. The van der Waals surface area contributed by atoms with E-state index in [1.165, 1.54) is 4.90 Å². The summed E-state index contributed by atoms with van der Waals surface area (Å²) in [6.07, 6.45) is 0.677. The Morgan fingerprint density at radius 2 is 1.62 bits per heavy atom. The molecule has 2 saturated heterocycles. The Labute approximate surface area is 168 Å². The van der Waals surface area contributed by atoms with Gasteiger partial charge in [-0.2, -0.15) is 0 Å². The first-order valence-electron chi connectivity index (χ1n) is 9.56. The lowest BCUT2D eigenvalue weighted by molar-refractivity contribution is -0.126. The van der Waals surface area contributed by atoms with Gasteiger partial charge in [0.15, 0.2) is 6.10 Å². The van der Waals surface area contributed by atoms with Crippen molar-refractivity contribution in [3.05, 3.63) is 83.8 Å². The van der Waals surface area contributed by atoms with Gasteiger partial charge in [0, 0.05) is 0 Å². The molecular formula is C23H20N2O4. The van der Waals surface area contributed by atoms with E-state index in [9.17, 15) is 9.59 Å². The van der Waals surface area contributed by atoms with Gasteiger partial charge < -0.3 is 4.42 Å². The summed E-state index contributed by atoms with van der Waals surface area (Å²) < 4.78 is 5.65. The molecular weight excluding hydrogens is 368 g/mol. The second kappa shape index (κ2) is 6.60. The highest BCUT2D eigenvalue weighted by Gasteiger charge is 2.61. The molecule has 2 amide bonds. The summed E-state index contributed by atoms with van der Waals surface area (Å²) in [7, 11) is 0. The molecule has 0 N–H and O–H groups in total. The molecule has 2 aliphatic rings. The fourth-order valence-corrected chi connectivity index (χ4v) is 4.13. The van der Waals surface area contributed by atoms with Crippen molar-refractivity contribution >= 4 is 23.2 Å². The number of benzene rings is 2. The highest BCUT2D eigenvalue weighted by atomic mass is 16.7. The Balaban J connectivity index is 1.58. The number of anilines is 2. The SMILES string of the molecule is Cc1ccc(N2C(=O)C3ON(c4ccccc4C)C(c4ccco4)C3C2=O)cc1. The zero-order valence-electron chi connectivity index (χ0n) is 16.1. The van der Waals surface area contributed by atoms with Crippen molar-refractivity contribution in [2.75, 3.05) is 9.96 Å². The molecule has 0 saturated carbocycles. The van der Waals surface area contributed by atoms with Gasteiger partial charge in [0.2, 0.25) is 5.91 Å². The van der Waals surface area contributed by atoms with Gasteiger partial charge in [-0.15, -0.1) is 0 Å². The lowest BCUT2D eigenvalue weighted by Gasteiger charge is -2.28. The summed E-state index contributed by atoms with van der Waals surface area (Å²) in [5.41, 5.74) is 3.41. The van der Waals surface area contributed by atoms with Crippen molar-refractivity contribution in [2.45, 2.75) is 26.0 Å². The van der Waals surface area contributed by atoms with Crippen LogP contribution in [0.1, 0.15) is 22.9 Å². The standard InChI is InChI=1S/C23H20N2O4/c1-14-9-11-16(12-10-14)24-22(26)19-20(18-8-5-13-28-18)25(29-21(19)23(24)27)17-7-4-3-6-15(17)2/h3-13,19-21H,1-2H3. The minimum Gasteiger partial charge on any atom is -0.467 e. The highest BCUT2D eigenvalue weighted by molar-refractivity contribution is 6.23. The van der Waals surface area contributed by atoms with Crippen LogP contribution in [0.5, 0.6) is 0 Å². The van der Waals surface area contributed by atoms with Gasteiger partial charge in [-0.3, -0.25) is 14.4 Å². The maximum atomic E-state index is 13.4. The summed E-state index contributed by atoms with van der Waals surface area (Å²) >= 11 is 0. The maximum Gasteiger partial charge on any atom is 0.266 e. The van der Waals surface area contributed by atoms with Crippen molar-refractivity contribution in [3.8, 4) is 0 Å². The Bertz CT molecular complexity index is 1070. The van der Waals surface area contributed by atoms with Crippen molar-refractivity contribution in [2.24, 2.45) is 5.92 Å².